The maximum absolute atomic E-state index is 13.6. The Hall–Kier alpha value is -3.26. The van der Waals surface area contributed by atoms with Crippen molar-refractivity contribution in [2.24, 2.45) is 22.7 Å². The second-order valence-electron chi connectivity index (χ2n) is 11.9. The zero-order valence-corrected chi connectivity index (χ0v) is 22.7. The molecule has 0 aromatic carbocycles. The van der Waals surface area contributed by atoms with E-state index in [0.29, 0.717) is 16.5 Å². The highest BCUT2D eigenvalue weighted by atomic mass is 32.2. The minimum Gasteiger partial charge on any atom is -0.338 e. The molecule has 0 spiro atoms. The number of pyridine rings is 2. The highest BCUT2D eigenvalue weighted by Gasteiger charge is 2.70. The van der Waals surface area contributed by atoms with Gasteiger partial charge in [0.15, 0.2) is 9.84 Å². The number of rotatable bonds is 6. The highest BCUT2D eigenvalue weighted by molar-refractivity contribution is 7.92. The standard InChI is InChI=1S/C26H33N5O5S/c1-25(2,3)21(37(6,35)36)24(34)31-13-17-19(26(17,4)5)20(31)23(33)29-16(11-27)10-14-9-15-12-28-8-7-18(15)30-22(14)32/h7-9,12,16-17,19-21H,10,13H2,1-6H3,(H,29,33)(H,30,32)/t16-,17+,19+,20+,21-/m1/s1. The van der Waals surface area contributed by atoms with Crippen LogP contribution >= 0.6 is 0 Å². The molecule has 2 aromatic rings. The number of likely N-dealkylation sites (tertiary alicyclic amines) is 1. The Bertz CT molecular complexity index is 1470. The third kappa shape index (κ3) is 4.87. The van der Waals surface area contributed by atoms with Gasteiger partial charge >= 0.3 is 0 Å². The number of aromatic amines is 1. The molecule has 3 heterocycles. The van der Waals surface area contributed by atoms with Gasteiger partial charge in [-0.3, -0.25) is 19.4 Å². The van der Waals surface area contributed by atoms with E-state index in [1.54, 1.807) is 45.3 Å². The summed E-state index contributed by atoms with van der Waals surface area (Å²) in [7, 11) is -3.75. The van der Waals surface area contributed by atoms with Gasteiger partial charge in [0.25, 0.3) is 5.56 Å². The van der Waals surface area contributed by atoms with Crippen molar-refractivity contribution in [1.82, 2.24) is 20.2 Å². The molecule has 1 aliphatic heterocycles. The maximum atomic E-state index is 13.6. The molecule has 0 radical (unpaired) electrons. The fraction of sp³-hybridized carbons (Fsp3) is 0.577. The predicted molar refractivity (Wildman–Crippen MR) is 138 cm³/mol. The smallest absolute Gasteiger partial charge is 0.251 e. The van der Waals surface area contributed by atoms with Gasteiger partial charge in [0.1, 0.15) is 17.3 Å². The van der Waals surface area contributed by atoms with Crippen LogP contribution in [0.1, 0.15) is 40.2 Å². The second kappa shape index (κ2) is 8.94. The van der Waals surface area contributed by atoms with Crippen LogP contribution in [-0.2, 0) is 25.8 Å². The molecule has 4 rings (SSSR count). The van der Waals surface area contributed by atoms with Crippen molar-refractivity contribution in [1.29, 1.82) is 5.26 Å². The number of fused-ring (bicyclic) bond motifs is 2. The van der Waals surface area contributed by atoms with Crippen molar-refractivity contribution in [3.63, 3.8) is 0 Å². The van der Waals surface area contributed by atoms with Crippen molar-refractivity contribution in [3.8, 4) is 6.07 Å². The van der Waals surface area contributed by atoms with Gasteiger partial charge in [-0.25, -0.2) is 8.42 Å². The average Bonchev–Trinajstić information content (AvgIpc) is 3.11. The van der Waals surface area contributed by atoms with E-state index < -0.39 is 44.4 Å². The summed E-state index contributed by atoms with van der Waals surface area (Å²) < 4.78 is 25.2. The van der Waals surface area contributed by atoms with E-state index in [-0.39, 0.29) is 35.8 Å². The predicted octanol–water partition coefficient (Wildman–Crippen LogP) is 1.42. The SMILES string of the molecule is CC(C)(C)[C@@H](C(=O)N1C[C@H]2[C@@H]([C@H]1C(=O)N[C@@H](C#N)Cc1cc3cnccc3[nH]c1=O)C2(C)C)S(C)(=O)=O. The zero-order chi connectivity index (χ0) is 27.5. The lowest BCUT2D eigenvalue weighted by molar-refractivity contribution is -0.141. The largest absolute Gasteiger partial charge is 0.338 e. The molecule has 5 atom stereocenters. The molecule has 1 saturated carbocycles. The van der Waals surface area contributed by atoms with Gasteiger partial charge in [-0.15, -0.1) is 0 Å². The molecule has 198 valence electrons. The Balaban J connectivity index is 1.59. The van der Waals surface area contributed by atoms with Crippen LogP contribution in [0.15, 0.2) is 29.3 Å². The Morgan fingerprint density at radius 3 is 2.62 bits per heavy atom. The topological polar surface area (TPSA) is 153 Å². The molecule has 11 heteroatoms. The zero-order valence-electron chi connectivity index (χ0n) is 21.9. The summed E-state index contributed by atoms with van der Waals surface area (Å²) in [4.78, 5) is 47.9. The monoisotopic (exact) mass is 527 g/mol. The van der Waals surface area contributed by atoms with Gasteiger partial charge in [0.2, 0.25) is 11.8 Å². The molecular formula is C26H33N5O5S. The van der Waals surface area contributed by atoms with Crippen LogP contribution in [0, 0.1) is 34.0 Å². The molecule has 1 saturated heterocycles. The fourth-order valence-electron chi connectivity index (χ4n) is 6.01. The summed E-state index contributed by atoms with van der Waals surface area (Å²) in [6, 6.07) is 3.44. The van der Waals surface area contributed by atoms with Crippen LogP contribution in [0.5, 0.6) is 0 Å². The number of hydrogen-bond donors (Lipinski definition) is 2. The number of H-pyrrole nitrogens is 1. The van der Waals surface area contributed by atoms with Gasteiger partial charge < -0.3 is 15.2 Å². The van der Waals surface area contributed by atoms with Crippen LogP contribution < -0.4 is 10.9 Å². The number of aromatic nitrogens is 2. The van der Waals surface area contributed by atoms with Crippen molar-refractivity contribution in [3.05, 3.63) is 40.4 Å². The third-order valence-electron chi connectivity index (χ3n) is 7.82. The van der Waals surface area contributed by atoms with Gasteiger partial charge in [-0.2, -0.15) is 5.26 Å². The summed E-state index contributed by atoms with van der Waals surface area (Å²) >= 11 is 0. The van der Waals surface area contributed by atoms with E-state index in [1.807, 2.05) is 19.9 Å². The van der Waals surface area contributed by atoms with E-state index in [1.165, 1.54) is 4.90 Å². The molecule has 2 aliphatic rings. The van der Waals surface area contributed by atoms with E-state index in [9.17, 15) is 28.1 Å². The number of nitrogens with zero attached hydrogens (tertiary/aromatic N) is 3. The summed E-state index contributed by atoms with van der Waals surface area (Å²) in [5, 5.41) is 11.9. The fourth-order valence-corrected chi connectivity index (χ4v) is 7.79. The van der Waals surface area contributed by atoms with E-state index in [4.69, 9.17) is 0 Å². The normalized spacial score (nSPS) is 24.1. The molecule has 2 N–H and O–H groups in total. The minimum absolute atomic E-state index is 0.0332. The highest BCUT2D eigenvalue weighted by Crippen LogP contribution is 2.65. The van der Waals surface area contributed by atoms with Gasteiger partial charge in [0.05, 0.1) is 11.6 Å². The Morgan fingerprint density at radius 1 is 1.35 bits per heavy atom. The number of nitriles is 1. The lowest BCUT2D eigenvalue weighted by Gasteiger charge is -2.36. The lowest BCUT2D eigenvalue weighted by Crippen LogP contribution is -2.57. The van der Waals surface area contributed by atoms with Crippen LogP contribution in [0.2, 0.25) is 0 Å². The number of sulfone groups is 1. The summed E-state index contributed by atoms with van der Waals surface area (Å²) in [5.41, 5.74) is -0.486. The second-order valence-corrected chi connectivity index (χ2v) is 14.1. The molecule has 2 aromatic heterocycles. The van der Waals surface area contributed by atoms with Crippen LogP contribution in [0.25, 0.3) is 10.9 Å². The Kier molecular flexibility index (Phi) is 6.47. The first-order valence-corrected chi connectivity index (χ1v) is 14.2. The van der Waals surface area contributed by atoms with Gasteiger partial charge in [0, 0.05) is 42.6 Å². The first-order valence-electron chi connectivity index (χ1n) is 12.2. The van der Waals surface area contributed by atoms with Crippen LogP contribution in [0.3, 0.4) is 0 Å². The summed E-state index contributed by atoms with van der Waals surface area (Å²) in [6.07, 6.45) is 4.17. The minimum atomic E-state index is -3.75. The number of piperidine rings is 1. The van der Waals surface area contributed by atoms with Crippen molar-refractivity contribution in [2.45, 2.75) is 58.4 Å². The lowest BCUT2D eigenvalue weighted by atomic mass is 9.90. The van der Waals surface area contributed by atoms with Crippen molar-refractivity contribution in [2.75, 3.05) is 12.8 Å². The molecule has 0 bridgehead atoms. The number of carbonyl (C=O) groups excluding carboxylic acids is 2. The van der Waals surface area contributed by atoms with Crippen LogP contribution in [-0.4, -0.2) is 65.2 Å². The Labute approximate surface area is 216 Å². The van der Waals surface area contributed by atoms with E-state index in [2.05, 4.69) is 15.3 Å². The molecule has 0 unspecified atom stereocenters. The quantitative estimate of drug-likeness (QED) is 0.576. The van der Waals surface area contributed by atoms with Gasteiger partial charge in [-0.05, 0) is 34.8 Å². The molecule has 2 amide bonds. The van der Waals surface area contributed by atoms with Gasteiger partial charge in [-0.1, -0.05) is 34.6 Å². The third-order valence-corrected chi connectivity index (χ3v) is 9.58. The molecule has 10 nitrogen and oxygen atoms in total. The average molecular weight is 528 g/mol. The summed E-state index contributed by atoms with van der Waals surface area (Å²) in [5.74, 6) is -1.20. The van der Waals surface area contributed by atoms with Crippen molar-refractivity contribution >= 4 is 32.6 Å². The first kappa shape index (κ1) is 26.8. The van der Waals surface area contributed by atoms with Crippen LogP contribution in [0.4, 0.5) is 0 Å². The number of nitrogens with one attached hydrogen (secondary N) is 2. The Morgan fingerprint density at radius 2 is 2.03 bits per heavy atom. The first-order chi connectivity index (χ1) is 17.1. The molecule has 37 heavy (non-hydrogen) atoms. The number of hydrogen-bond acceptors (Lipinski definition) is 7. The van der Waals surface area contributed by atoms with E-state index in [0.717, 1.165) is 6.26 Å². The number of amides is 2. The van der Waals surface area contributed by atoms with E-state index >= 15 is 0 Å². The molecule has 1 aliphatic carbocycles. The maximum Gasteiger partial charge on any atom is 0.251 e. The molecule has 2 fully saturated rings. The molecular weight excluding hydrogens is 494 g/mol. The number of carbonyl (C=O) groups is 2. The van der Waals surface area contributed by atoms with Crippen molar-refractivity contribution < 1.29 is 18.0 Å². The summed E-state index contributed by atoms with van der Waals surface area (Å²) in [6.45, 7) is 9.39.